The molecule has 3 aromatic carbocycles. The lowest BCUT2D eigenvalue weighted by atomic mass is 10.0. The van der Waals surface area contributed by atoms with E-state index in [4.69, 9.17) is 0 Å². The molecule has 31 heavy (non-hydrogen) atoms. The minimum absolute atomic E-state index is 0.0929. The van der Waals surface area contributed by atoms with Crippen LogP contribution in [0.15, 0.2) is 66.7 Å². The number of benzene rings is 3. The summed E-state index contributed by atoms with van der Waals surface area (Å²) in [4.78, 5) is 26.7. The topological polar surface area (TPSA) is 69.6 Å². The van der Waals surface area contributed by atoms with Crippen LogP contribution >= 0.6 is 0 Å². The lowest BCUT2D eigenvalue weighted by Gasteiger charge is -2.16. The van der Waals surface area contributed by atoms with Crippen molar-refractivity contribution in [3.05, 3.63) is 83.4 Å². The van der Waals surface area contributed by atoms with E-state index >= 15 is 0 Å². The van der Waals surface area contributed by atoms with E-state index in [2.05, 4.69) is 10.2 Å². The summed E-state index contributed by atoms with van der Waals surface area (Å²) >= 11 is 0. The van der Waals surface area contributed by atoms with E-state index < -0.39 is 5.97 Å². The Kier molecular flexibility index (Phi) is 6.14. The molecule has 1 amide bonds. The predicted molar refractivity (Wildman–Crippen MR) is 124 cm³/mol. The number of anilines is 1. The quantitative estimate of drug-likeness (QED) is 0.546. The monoisotopic (exact) mass is 414 g/mol. The molecular formula is C26H26N2O3. The molecule has 0 bridgehead atoms. The van der Waals surface area contributed by atoms with E-state index in [1.54, 1.807) is 12.1 Å². The highest BCUT2D eigenvalue weighted by Gasteiger charge is 2.16. The van der Waals surface area contributed by atoms with Crippen molar-refractivity contribution in [2.75, 3.05) is 18.4 Å². The fourth-order valence-corrected chi connectivity index (χ4v) is 4.06. The molecule has 3 aromatic rings. The van der Waals surface area contributed by atoms with E-state index in [0.717, 1.165) is 47.1 Å². The molecule has 1 heterocycles. The first-order valence-corrected chi connectivity index (χ1v) is 10.6. The van der Waals surface area contributed by atoms with Gasteiger partial charge in [0.05, 0.1) is 11.3 Å². The highest BCUT2D eigenvalue weighted by atomic mass is 16.4. The van der Waals surface area contributed by atoms with Crippen molar-refractivity contribution in [3.63, 3.8) is 0 Å². The van der Waals surface area contributed by atoms with Crippen molar-refractivity contribution < 1.29 is 14.7 Å². The Balaban J connectivity index is 1.54. The molecule has 5 nitrogen and oxygen atoms in total. The van der Waals surface area contributed by atoms with Gasteiger partial charge in [-0.3, -0.25) is 9.69 Å². The van der Waals surface area contributed by atoms with Gasteiger partial charge in [-0.15, -0.1) is 0 Å². The number of carbonyl (C=O) groups excluding carboxylic acids is 1. The Bertz CT molecular complexity index is 1160. The lowest BCUT2D eigenvalue weighted by Crippen LogP contribution is -2.19. The van der Waals surface area contributed by atoms with Gasteiger partial charge in [-0.1, -0.05) is 42.5 Å². The first kappa shape index (κ1) is 20.8. The third-order valence-corrected chi connectivity index (χ3v) is 5.73. The summed E-state index contributed by atoms with van der Waals surface area (Å²) in [6.07, 6.45) is 3.90. The summed E-state index contributed by atoms with van der Waals surface area (Å²) < 4.78 is 0. The molecule has 4 rings (SSSR count). The molecule has 0 unspecified atom stereocenters. The fourth-order valence-electron chi connectivity index (χ4n) is 4.06. The summed E-state index contributed by atoms with van der Waals surface area (Å²) in [7, 11) is 0. The molecular weight excluding hydrogens is 388 g/mol. The van der Waals surface area contributed by atoms with Gasteiger partial charge in [0.2, 0.25) is 5.91 Å². The number of carboxylic acid groups (broad SMARTS) is 1. The highest BCUT2D eigenvalue weighted by Crippen LogP contribution is 2.23. The molecule has 0 aromatic heterocycles. The number of likely N-dealkylation sites (tertiary alicyclic amines) is 1. The van der Waals surface area contributed by atoms with Gasteiger partial charge in [0.15, 0.2) is 0 Å². The van der Waals surface area contributed by atoms with E-state index in [-0.39, 0.29) is 11.5 Å². The second-order valence-electron chi connectivity index (χ2n) is 8.05. The summed E-state index contributed by atoms with van der Waals surface area (Å²) in [5, 5.41) is 14.6. The molecule has 0 aliphatic carbocycles. The van der Waals surface area contributed by atoms with Gasteiger partial charge < -0.3 is 10.4 Å². The first-order valence-electron chi connectivity index (χ1n) is 10.6. The maximum absolute atomic E-state index is 12.7. The molecule has 0 atom stereocenters. The van der Waals surface area contributed by atoms with Crippen molar-refractivity contribution in [2.45, 2.75) is 26.3 Å². The number of hydrogen-bond acceptors (Lipinski definition) is 3. The van der Waals surface area contributed by atoms with Gasteiger partial charge in [0.1, 0.15) is 0 Å². The smallest absolute Gasteiger partial charge is 0.337 e. The molecule has 5 heteroatoms. The Labute approximate surface area is 182 Å². The minimum atomic E-state index is -1.06. The first-order chi connectivity index (χ1) is 15.0. The van der Waals surface area contributed by atoms with Crippen molar-refractivity contribution in [2.24, 2.45) is 0 Å². The summed E-state index contributed by atoms with van der Waals surface area (Å²) in [5.41, 5.74) is 3.19. The third kappa shape index (κ3) is 5.01. The van der Waals surface area contributed by atoms with Crippen LogP contribution in [0.2, 0.25) is 0 Å². The third-order valence-electron chi connectivity index (χ3n) is 5.73. The number of allylic oxidation sites excluding steroid dienone is 1. The van der Waals surface area contributed by atoms with Crippen LogP contribution in [0.3, 0.4) is 0 Å². The van der Waals surface area contributed by atoms with Gasteiger partial charge in [-0.2, -0.15) is 0 Å². The van der Waals surface area contributed by atoms with Crippen molar-refractivity contribution in [3.8, 4) is 0 Å². The second kappa shape index (κ2) is 9.14. The Morgan fingerprint density at radius 1 is 1.00 bits per heavy atom. The van der Waals surface area contributed by atoms with Crippen LogP contribution < -0.4 is 5.32 Å². The molecule has 2 N–H and O–H groups in total. The SMILES string of the molecule is C/C(=C\C(=O)Nc1cc(CN2CCCC2)ccc1C(=O)O)c1ccc2ccccc2c1. The van der Waals surface area contributed by atoms with E-state index in [0.29, 0.717) is 5.69 Å². The molecule has 1 aliphatic heterocycles. The van der Waals surface area contributed by atoms with E-state index in [9.17, 15) is 14.7 Å². The van der Waals surface area contributed by atoms with Gasteiger partial charge in [0.25, 0.3) is 0 Å². The zero-order chi connectivity index (χ0) is 21.8. The van der Waals surface area contributed by atoms with Crippen molar-refractivity contribution in [1.82, 2.24) is 4.90 Å². The van der Waals surface area contributed by atoms with Crippen LogP contribution in [0.25, 0.3) is 16.3 Å². The lowest BCUT2D eigenvalue weighted by molar-refractivity contribution is -0.111. The number of amides is 1. The number of nitrogens with zero attached hydrogens (tertiary/aromatic N) is 1. The Hall–Kier alpha value is -3.44. The fraction of sp³-hybridized carbons (Fsp3) is 0.231. The number of nitrogens with one attached hydrogen (secondary N) is 1. The zero-order valence-corrected chi connectivity index (χ0v) is 17.6. The van der Waals surface area contributed by atoms with E-state index in [1.807, 2.05) is 55.5 Å². The number of aromatic carboxylic acids is 1. The van der Waals surface area contributed by atoms with Gasteiger partial charge >= 0.3 is 5.97 Å². The highest BCUT2D eigenvalue weighted by molar-refractivity contribution is 6.07. The van der Waals surface area contributed by atoms with Crippen molar-refractivity contribution >= 4 is 33.9 Å². The average Bonchev–Trinajstić information content (AvgIpc) is 3.26. The number of hydrogen-bond donors (Lipinski definition) is 2. The summed E-state index contributed by atoms with van der Waals surface area (Å²) in [6.45, 7) is 4.74. The molecule has 1 saturated heterocycles. The number of carbonyl (C=O) groups is 2. The van der Waals surface area contributed by atoms with Crippen LogP contribution in [0.1, 0.15) is 41.3 Å². The maximum atomic E-state index is 12.7. The average molecular weight is 415 g/mol. The molecule has 1 fully saturated rings. The van der Waals surface area contributed by atoms with Crippen LogP contribution in [0.5, 0.6) is 0 Å². The number of fused-ring (bicyclic) bond motifs is 1. The molecule has 0 spiro atoms. The number of rotatable bonds is 6. The van der Waals surface area contributed by atoms with Crippen molar-refractivity contribution in [1.29, 1.82) is 0 Å². The largest absolute Gasteiger partial charge is 0.478 e. The standard InChI is InChI=1S/C26H26N2O3/c1-18(21-10-9-20-6-2-3-7-22(20)16-21)14-25(29)27-24-15-19(8-11-23(24)26(30)31)17-28-12-4-5-13-28/h2-3,6-11,14-16H,4-5,12-13,17H2,1H3,(H,27,29)(H,30,31)/b18-14+. The molecule has 1 aliphatic rings. The normalized spacial score (nSPS) is 14.7. The van der Waals surface area contributed by atoms with E-state index in [1.165, 1.54) is 18.9 Å². The van der Waals surface area contributed by atoms with Gasteiger partial charge in [-0.05, 0) is 78.5 Å². The molecule has 0 saturated carbocycles. The summed E-state index contributed by atoms with van der Waals surface area (Å²) in [6, 6.07) is 19.3. The summed E-state index contributed by atoms with van der Waals surface area (Å²) in [5.74, 6) is -1.40. The number of carboxylic acids is 1. The van der Waals surface area contributed by atoms with Gasteiger partial charge in [-0.25, -0.2) is 4.79 Å². The zero-order valence-electron chi connectivity index (χ0n) is 17.6. The Morgan fingerprint density at radius 3 is 2.48 bits per heavy atom. The van der Waals surface area contributed by atoms with Crippen LogP contribution in [0.4, 0.5) is 5.69 Å². The predicted octanol–water partition coefficient (Wildman–Crippen LogP) is 5.18. The molecule has 0 radical (unpaired) electrons. The second-order valence-corrected chi connectivity index (χ2v) is 8.05. The maximum Gasteiger partial charge on any atom is 0.337 e. The molecule has 158 valence electrons. The van der Waals surface area contributed by atoms with Gasteiger partial charge in [0, 0.05) is 12.6 Å². The van der Waals surface area contributed by atoms with Crippen LogP contribution in [-0.2, 0) is 11.3 Å². The Morgan fingerprint density at radius 2 is 1.74 bits per heavy atom. The van der Waals surface area contributed by atoms with Crippen LogP contribution in [0, 0.1) is 0 Å². The minimum Gasteiger partial charge on any atom is -0.478 e. The van der Waals surface area contributed by atoms with Crippen LogP contribution in [-0.4, -0.2) is 35.0 Å².